The predicted octanol–water partition coefficient (Wildman–Crippen LogP) is 1.73. The molecule has 1 aliphatic rings. The molecule has 3 heterocycles. The Balaban J connectivity index is 1.75. The molecule has 0 aromatic carbocycles. The van der Waals surface area contributed by atoms with Gasteiger partial charge in [0.25, 0.3) is 0 Å². The molecule has 0 spiro atoms. The summed E-state index contributed by atoms with van der Waals surface area (Å²) in [6.45, 7) is 6.18. The molecular formula is C15H23ClN6O. The quantitative estimate of drug-likeness (QED) is 0.919. The van der Waals surface area contributed by atoms with Crippen LogP contribution in [0.25, 0.3) is 0 Å². The summed E-state index contributed by atoms with van der Waals surface area (Å²) >= 11 is 6.04. The van der Waals surface area contributed by atoms with Crippen LogP contribution in [0.4, 0.5) is 0 Å². The van der Waals surface area contributed by atoms with Crippen molar-refractivity contribution in [1.82, 2.24) is 29.4 Å². The molecule has 2 aromatic heterocycles. The molecule has 1 atom stereocenters. The molecule has 3 rings (SSSR count). The number of hydrogen-bond acceptors (Lipinski definition) is 5. The first-order valence-corrected chi connectivity index (χ1v) is 8.30. The fourth-order valence-electron chi connectivity index (χ4n) is 2.98. The zero-order valence-electron chi connectivity index (χ0n) is 13.8. The third kappa shape index (κ3) is 3.27. The predicted molar refractivity (Wildman–Crippen MR) is 87.0 cm³/mol. The van der Waals surface area contributed by atoms with Gasteiger partial charge in [-0.05, 0) is 33.2 Å². The molecule has 0 bridgehead atoms. The molecule has 0 aliphatic carbocycles. The number of hydrogen-bond donors (Lipinski definition) is 1. The van der Waals surface area contributed by atoms with E-state index >= 15 is 0 Å². The lowest BCUT2D eigenvalue weighted by molar-refractivity contribution is -0.0422. The van der Waals surface area contributed by atoms with Gasteiger partial charge >= 0.3 is 0 Å². The Morgan fingerprint density at radius 2 is 2.22 bits per heavy atom. The second-order valence-corrected chi connectivity index (χ2v) is 6.97. The molecule has 1 saturated heterocycles. The van der Waals surface area contributed by atoms with E-state index in [4.69, 9.17) is 11.6 Å². The SMILES string of the molecule is CC(C)n1cc([C@]2(O)CCCN(Cc3ncc(Cl)n3C)C2)nn1. The molecule has 0 saturated carbocycles. The number of nitrogens with zero attached hydrogens (tertiary/aromatic N) is 6. The van der Waals surface area contributed by atoms with E-state index in [-0.39, 0.29) is 6.04 Å². The Bertz CT molecular complexity index is 681. The minimum absolute atomic E-state index is 0.231. The summed E-state index contributed by atoms with van der Waals surface area (Å²) in [6.07, 6.45) is 5.11. The minimum Gasteiger partial charge on any atom is -0.382 e. The molecule has 23 heavy (non-hydrogen) atoms. The molecular weight excluding hydrogens is 316 g/mol. The molecule has 126 valence electrons. The summed E-state index contributed by atoms with van der Waals surface area (Å²) in [5.74, 6) is 0.894. The first kappa shape index (κ1) is 16.4. The third-order valence-electron chi connectivity index (χ3n) is 4.46. The van der Waals surface area contributed by atoms with Gasteiger partial charge in [-0.25, -0.2) is 9.67 Å². The van der Waals surface area contributed by atoms with Gasteiger partial charge < -0.3 is 9.67 Å². The van der Waals surface area contributed by atoms with E-state index in [0.29, 0.717) is 30.4 Å². The van der Waals surface area contributed by atoms with Crippen LogP contribution in [0.3, 0.4) is 0 Å². The first-order chi connectivity index (χ1) is 10.9. The maximum Gasteiger partial charge on any atom is 0.128 e. The summed E-state index contributed by atoms with van der Waals surface area (Å²) < 4.78 is 3.65. The van der Waals surface area contributed by atoms with Crippen LogP contribution in [0, 0.1) is 0 Å². The van der Waals surface area contributed by atoms with Gasteiger partial charge in [-0.2, -0.15) is 0 Å². The standard InChI is InChI=1S/C15H23ClN6O/c1-11(2)22-8-12(18-19-22)15(23)5-4-6-21(10-15)9-14-17-7-13(16)20(14)3/h7-8,11,23H,4-6,9-10H2,1-3H3/t15-/m0/s1. The fourth-order valence-corrected chi connectivity index (χ4v) is 3.13. The summed E-state index contributed by atoms with van der Waals surface area (Å²) in [7, 11) is 1.90. The van der Waals surface area contributed by atoms with Gasteiger partial charge in [0.15, 0.2) is 0 Å². The van der Waals surface area contributed by atoms with Crippen LogP contribution in [0.15, 0.2) is 12.4 Å². The van der Waals surface area contributed by atoms with Gasteiger partial charge in [0, 0.05) is 19.6 Å². The highest BCUT2D eigenvalue weighted by atomic mass is 35.5. The van der Waals surface area contributed by atoms with E-state index in [2.05, 4.69) is 20.2 Å². The molecule has 1 fully saturated rings. The smallest absolute Gasteiger partial charge is 0.128 e. The largest absolute Gasteiger partial charge is 0.382 e. The van der Waals surface area contributed by atoms with E-state index in [9.17, 15) is 5.11 Å². The number of rotatable bonds is 4. The summed E-state index contributed by atoms with van der Waals surface area (Å²) in [5.41, 5.74) is -0.311. The van der Waals surface area contributed by atoms with Crippen LogP contribution < -0.4 is 0 Å². The van der Waals surface area contributed by atoms with Crippen molar-refractivity contribution in [2.75, 3.05) is 13.1 Å². The molecule has 8 heteroatoms. The van der Waals surface area contributed by atoms with Crippen LogP contribution >= 0.6 is 11.6 Å². The van der Waals surface area contributed by atoms with E-state index < -0.39 is 5.60 Å². The van der Waals surface area contributed by atoms with Crippen molar-refractivity contribution < 1.29 is 5.11 Å². The van der Waals surface area contributed by atoms with Crippen molar-refractivity contribution in [3.05, 3.63) is 29.1 Å². The Kier molecular flexibility index (Phi) is 4.44. The summed E-state index contributed by atoms with van der Waals surface area (Å²) in [4.78, 5) is 6.52. The zero-order chi connectivity index (χ0) is 16.6. The third-order valence-corrected chi connectivity index (χ3v) is 4.81. The number of piperidine rings is 1. The number of halogens is 1. The Morgan fingerprint density at radius 1 is 1.43 bits per heavy atom. The normalized spacial score (nSPS) is 22.9. The van der Waals surface area contributed by atoms with Crippen molar-refractivity contribution in [3.8, 4) is 0 Å². The summed E-state index contributed by atoms with van der Waals surface area (Å²) in [5, 5.41) is 20.0. The molecule has 0 amide bonds. The zero-order valence-corrected chi connectivity index (χ0v) is 14.5. The first-order valence-electron chi connectivity index (χ1n) is 7.92. The van der Waals surface area contributed by atoms with Crippen LogP contribution in [0.2, 0.25) is 5.15 Å². The number of aliphatic hydroxyl groups is 1. The molecule has 2 aromatic rings. The molecule has 0 unspecified atom stereocenters. The van der Waals surface area contributed by atoms with Gasteiger partial charge in [0.1, 0.15) is 22.3 Å². The van der Waals surface area contributed by atoms with E-state index in [1.165, 1.54) is 0 Å². The van der Waals surface area contributed by atoms with E-state index in [1.807, 2.05) is 31.7 Å². The molecule has 0 radical (unpaired) electrons. The van der Waals surface area contributed by atoms with Crippen LogP contribution in [0.1, 0.15) is 44.2 Å². The number of aromatic nitrogens is 5. The van der Waals surface area contributed by atoms with Crippen molar-refractivity contribution in [1.29, 1.82) is 0 Å². The maximum absolute atomic E-state index is 11.0. The second-order valence-electron chi connectivity index (χ2n) is 6.58. The topological polar surface area (TPSA) is 72.0 Å². The van der Waals surface area contributed by atoms with E-state index in [1.54, 1.807) is 10.9 Å². The number of imidazole rings is 1. The van der Waals surface area contributed by atoms with Crippen LogP contribution in [-0.4, -0.2) is 47.6 Å². The number of likely N-dealkylation sites (tertiary alicyclic amines) is 1. The lowest BCUT2D eigenvalue weighted by Crippen LogP contribution is -2.46. The lowest BCUT2D eigenvalue weighted by Gasteiger charge is -2.37. The highest BCUT2D eigenvalue weighted by Gasteiger charge is 2.37. The molecule has 1 N–H and O–H groups in total. The molecule has 1 aliphatic heterocycles. The van der Waals surface area contributed by atoms with Gasteiger partial charge in [0.05, 0.1) is 18.9 Å². The lowest BCUT2D eigenvalue weighted by atomic mass is 9.90. The minimum atomic E-state index is -0.958. The Labute approximate surface area is 140 Å². The van der Waals surface area contributed by atoms with Gasteiger partial charge in [-0.3, -0.25) is 4.90 Å². The number of β-amino-alcohol motifs (C(OH)–C–C–N with tert-alkyl or cyclic N) is 1. The highest BCUT2D eigenvalue weighted by molar-refractivity contribution is 6.29. The molecule has 7 nitrogen and oxygen atoms in total. The van der Waals surface area contributed by atoms with Crippen LogP contribution in [0.5, 0.6) is 0 Å². The second kappa shape index (κ2) is 6.22. The van der Waals surface area contributed by atoms with Crippen molar-refractivity contribution >= 4 is 11.6 Å². The van der Waals surface area contributed by atoms with Crippen molar-refractivity contribution in [2.24, 2.45) is 7.05 Å². The van der Waals surface area contributed by atoms with Gasteiger partial charge in [-0.1, -0.05) is 16.8 Å². The van der Waals surface area contributed by atoms with Gasteiger partial charge in [-0.15, -0.1) is 5.10 Å². The Morgan fingerprint density at radius 3 is 2.83 bits per heavy atom. The fraction of sp³-hybridized carbons (Fsp3) is 0.667. The van der Waals surface area contributed by atoms with E-state index in [0.717, 1.165) is 18.8 Å². The maximum atomic E-state index is 11.0. The van der Waals surface area contributed by atoms with Crippen molar-refractivity contribution in [3.63, 3.8) is 0 Å². The average Bonchev–Trinajstić information content (AvgIpc) is 3.11. The van der Waals surface area contributed by atoms with Gasteiger partial charge in [0.2, 0.25) is 0 Å². The average molecular weight is 339 g/mol. The highest BCUT2D eigenvalue weighted by Crippen LogP contribution is 2.31. The van der Waals surface area contributed by atoms with Crippen molar-refractivity contribution in [2.45, 2.75) is 44.9 Å². The summed E-state index contributed by atoms with van der Waals surface area (Å²) in [6, 6.07) is 0.231. The Hall–Kier alpha value is -1.44. The van der Waals surface area contributed by atoms with Crippen LogP contribution in [-0.2, 0) is 19.2 Å². The monoisotopic (exact) mass is 338 g/mol.